The van der Waals surface area contributed by atoms with Crippen LogP contribution in [-0.4, -0.2) is 76.7 Å². The first kappa shape index (κ1) is 19.0. The first-order valence-electron chi connectivity index (χ1n) is 9.40. The van der Waals surface area contributed by atoms with Crippen LogP contribution >= 0.6 is 0 Å². The normalized spacial score (nSPS) is 20.0. The molecule has 1 N–H and O–H groups in total. The number of piperidine rings is 1. The van der Waals surface area contributed by atoms with Crippen LogP contribution < -0.4 is 0 Å². The third kappa shape index (κ3) is 3.43. The number of para-hydroxylation sites is 1. The van der Waals surface area contributed by atoms with Crippen LogP contribution in [0.5, 0.6) is 5.75 Å². The summed E-state index contributed by atoms with van der Waals surface area (Å²) in [5.74, 6) is -0.714. The molecule has 0 bridgehead atoms. The van der Waals surface area contributed by atoms with Crippen LogP contribution in [0.4, 0.5) is 4.79 Å². The molecule has 0 aliphatic carbocycles. The Labute approximate surface area is 166 Å². The molecule has 1 aromatic heterocycles. The topological polar surface area (TPSA) is 109 Å². The Hall–Kier alpha value is -3.36. The Morgan fingerprint density at radius 2 is 1.97 bits per heavy atom. The van der Waals surface area contributed by atoms with Crippen molar-refractivity contribution >= 4 is 28.9 Å². The number of methoxy groups -OCH3 is 1. The van der Waals surface area contributed by atoms with E-state index in [9.17, 15) is 19.5 Å². The lowest BCUT2D eigenvalue weighted by Crippen LogP contribution is -2.52. The van der Waals surface area contributed by atoms with E-state index < -0.39 is 18.1 Å². The van der Waals surface area contributed by atoms with Crippen molar-refractivity contribution in [1.82, 2.24) is 14.8 Å². The van der Waals surface area contributed by atoms with Gasteiger partial charge in [0.05, 0.1) is 7.11 Å². The number of hydrogen-bond acceptors (Lipinski definition) is 7. The summed E-state index contributed by atoms with van der Waals surface area (Å²) in [5, 5.41) is 10.7. The van der Waals surface area contributed by atoms with Crippen molar-refractivity contribution in [3.63, 3.8) is 0 Å². The highest BCUT2D eigenvalue weighted by atomic mass is 16.6. The van der Waals surface area contributed by atoms with Gasteiger partial charge in [-0.3, -0.25) is 9.69 Å². The molecule has 0 saturated carbocycles. The minimum atomic E-state index is -0.745. The summed E-state index contributed by atoms with van der Waals surface area (Å²) in [4.78, 5) is 44.3. The number of benzene rings is 1. The number of pyridine rings is 1. The Balaban J connectivity index is 1.45. The monoisotopic (exact) mass is 399 g/mol. The lowest BCUT2D eigenvalue weighted by Gasteiger charge is -2.37. The van der Waals surface area contributed by atoms with Crippen LogP contribution in [0.3, 0.4) is 0 Å². The Kier molecular flexibility index (Phi) is 4.96. The van der Waals surface area contributed by atoms with Crippen molar-refractivity contribution < 1.29 is 29.0 Å². The van der Waals surface area contributed by atoms with Crippen molar-refractivity contribution in [2.24, 2.45) is 0 Å². The molecule has 0 spiro atoms. The van der Waals surface area contributed by atoms with E-state index in [-0.39, 0.29) is 30.0 Å². The minimum absolute atomic E-state index is 0.0187. The molecule has 0 unspecified atom stereocenters. The standard InChI is InChI=1S/C20H21N3O6/c1-28-19(26)15-11-29-20(27)23(15)13-7-9-22(10-8-13)18(25)14-6-5-12-3-2-4-16(24)17(12)21-14/h2-6,13,15,24H,7-11H2,1H3/t15-/m1/s1. The third-order valence-electron chi connectivity index (χ3n) is 5.45. The lowest BCUT2D eigenvalue weighted by atomic mass is 10.0. The van der Waals surface area contributed by atoms with Crippen molar-refractivity contribution in [3.05, 3.63) is 36.0 Å². The van der Waals surface area contributed by atoms with E-state index >= 15 is 0 Å². The van der Waals surface area contributed by atoms with Crippen LogP contribution in [0.25, 0.3) is 10.9 Å². The number of fused-ring (bicyclic) bond motifs is 1. The van der Waals surface area contributed by atoms with E-state index in [1.807, 2.05) is 6.07 Å². The van der Waals surface area contributed by atoms with E-state index in [0.717, 1.165) is 5.39 Å². The molecule has 0 radical (unpaired) electrons. The Morgan fingerprint density at radius 3 is 2.69 bits per heavy atom. The van der Waals surface area contributed by atoms with Gasteiger partial charge in [0.1, 0.15) is 23.6 Å². The van der Waals surface area contributed by atoms with Crippen molar-refractivity contribution in [3.8, 4) is 5.75 Å². The maximum Gasteiger partial charge on any atom is 0.410 e. The number of phenols is 1. The largest absolute Gasteiger partial charge is 0.506 e. The number of esters is 1. The fourth-order valence-electron chi connectivity index (χ4n) is 3.91. The van der Waals surface area contributed by atoms with E-state index in [2.05, 4.69) is 4.98 Å². The zero-order chi connectivity index (χ0) is 20.5. The minimum Gasteiger partial charge on any atom is -0.506 e. The highest BCUT2D eigenvalue weighted by Gasteiger charge is 2.44. The molecule has 2 fully saturated rings. The summed E-state index contributed by atoms with van der Waals surface area (Å²) in [5.41, 5.74) is 0.638. The first-order valence-corrected chi connectivity index (χ1v) is 9.40. The van der Waals surface area contributed by atoms with E-state index in [0.29, 0.717) is 31.4 Å². The molecule has 2 aliphatic heterocycles. The predicted octanol–water partition coefficient (Wildman–Crippen LogP) is 1.54. The Morgan fingerprint density at radius 1 is 1.21 bits per heavy atom. The molecule has 3 heterocycles. The lowest BCUT2D eigenvalue weighted by molar-refractivity contribution is -0.145. The third-order valence-corrected chi connectivity index (χ3v) is 5.45. The second-order valence-electron chi connectivity index (χ2n) is 7.09. The maximum absolute atomic E-state index is 12.9. The average Bonchev–Trinajstić information content (AvgIpc) is 3.14. The second kappa shape index (κ2) is 7.57. The second-order valence-corrected chi connectivity index (χ2v) is 7.09. The van der Waals surface area contributed by atoms with Gasteiger partial charge in [-0.15, -0.1) is 0 Å². The van der Waals surface area contributed by atoms with Gasteiger partial charge in [0.15, 0.2) is 6.04 Å². The van der Waals surface area contributed by atoms with Crippen LogP contribution in [0.15, 0.2) is 30.3 Å². The number of hydrogen-bond donors (Lipinski definition) is 1. The van der Waals surface area contributed by atoms with Gasteiger partial charge in [-0.25, -0.2) is 14.6 Å². The SMILES string of the molecule is COC(=O)[C@H]1COC(=O)N1C1CCN(C(=O)c2ccc3cccc(O)c3n2)CC1. The fraction of sp³-hybridized carbons (Fsp3) is 0.400. The number of aromatic hydroxyl groups is 1. The molecule has 1 aromatic carbocycles. The summed E-state index contributed by atoms with van der Waals surface area (Å²) in [6.07, 6.45) is 0.511. The Bertz CT molecular complexity index is 970. The zero-order valence-electron chi connectivity index (χ0n) is 15.9. The van der Waals surface area contributed by atoms with E-state index in [1.54, 1.807) is 23.1 Å². The number of amides is 2. The fourth-order valence-corrected chi connectivity index (χ4v) is 3.91. The number of phenolic OH excluding ortho intramolecular Hbond substituents is 1. The predicted molar refractivity (Wildman–Crippen MR) is 101 cm³/mol. The summed E-state index contributed by atoms with van der Waals surface area (Å²) in [6.45, 7) is 0.818. The molecule has 4 rings (SSSR count). The number of nitrogens with zero attached hydrogens (tertiary/aromatic N) is 3. The molecule has 2 saturated heterocycles. The van der Waals surface area contributed by atoms with Gasteiger partial charge < -0.3 is 19.5 Å². The van der Waals surface area contributed by atoms with Crippen LogP contribution in [0.2, 0.25) is 0 Å². The van der Waals surface area contributed by atoms with Gasteiger partial charge in [0.25, 0.3) is 5.91 Å². The van der Waals surface area contributed by atoms with Crippen molar-refractivity contribution in [2.45, 2.75) is 24.9 Å². The smallest absolute Gasteiger partial charge is 0.410 e. The van der Waals surface area contributed by atoms with Gasteiger partial charge in [-0.1, -0.05) is 18.2 Å². The van der Waals surface area contributed by atoms with E-state index in [4.69, 9.17) is 9.47 Å². The molecule has 29 heavy (non-hydrogen) atoms. The van der Waals surface area contributed by atoms with Gasteiger partial charge in [-0.2, -0.15) is 0 Å². The highest BCUT2D eigenvalue weighted by molar-refractivity contribution is 5.96. The van der Waals surface area contributed by atoms with Crippen molar-refractivity contribution in [1.29, 1.82) is 0 Å². The first-order chi connectivity index (χ1) is 14.0. The zero-order valence-corrected chi connectivity index (χ0v) is 15.9. The molecular weight excluding hydrogens is 378 g/mol. The number of rotatable bonds is 3. The van der Waals surface area contributed by atoms with E-state index in [1.165, 1.54) is 18.1 Å². The molecule has 2 aromatic rings. The molecule has 9 nitrogen and oxygen atoms in total. The molecule has 2 amide bonds. The van der Waals surface area contributed by atoms with Gasteiger partial charge in [0, 0.05) is 24.5 Å². The number of carbonyl (C=O) groups is 3. The quantitative estimate of drug-likeness (QED) is 0.780. The maximum atomic E-state index is 12.9. The molecular formula is C20H21N3O6. The average molecular weight is 399 g/mol. The summed E-state index contributed by atoms with van der Waals surface area (Å²) in [7, 11) is 1.28. The summed E-state index contributed by atoms with van der Waals surface area (Å²) in [6, 6.07) is 7.51. The number of aromatic nitrogens is 1. The highest BCUT2D eigenvalue weighted by Crippen LogP contribution is 2.26. The van der Waals surface area contributed by atoms with Crippen LogP contribution in [0, 0.1) is 0 Å². The summed E-state index contributed by atoms with van der Waals surface area (Å²) >= 11 is 0. The number of cyclic esters (lactones) is 1. The number of ether oxygens (including phenoxy) is 2. The summed E-state index contributed by atoms with van der Waals surface area (Å²) < 4.78 is 9.78. The van der Waals surface area contributed by atoms with Crippen molar-refractivity contribution in [2.75, 3.05) is 26.8 Å². The van der Waals surface area contributed by atoms with Gasteiger partial charge in [-0.05, 0) is 25.0 Å². The molecule has 2 aliphatic rings. The number of carbonyl (C=O) groups excluding carboxylic acids is 3. The molecule has 1 atom stereocenters. The van der Waals surface area contributed by atoms with Crippen LogP contribution in [-0.2, 0) is 14.3 Å². The molecule has 9 heteroatoms. The van der Waals surface area contributed by atoms with Gasteiger partial charge >= 0.3 is 12.1 Å². The molecule has 152 valence electrons. The van der Waals surface area contributed by atoms with Gasteiger partial charge in [0.2, 0.25) is 0 Å². The number of likely N-dealkylation sites (tertiary alicyclic amines) is 1. The van der Waals surface area contributed by atoms with Crippen LogP contribution in [0.1, 0.15) is 23.3 Å².